The van der Waals surface area contributed by atoms with E-state index in [0.29, 0.717) is 30.7 Å². The molecule has 7 heteroatoms. The van der Waals surface area contributed by atoms with Crippen LogP contribution in [0.3, 0.4) is 0 Å². The van der Waals surface area contributed by atoms with Gasteiger partial charge in [0.2, 0.25) is 10.0 Å². The van der Waals surface area contributed by atoms with Gasteiger partial charge in [0.1, 0.15) is 5.75 Å². The lowest BCUT2D eigenvalue weighted by atomic mass is 10.0. The number of benzene rings is 1. The van der Waals surface area contributed by atoms with Gasteiger partial charge in [-0.15, -0.1) is 0 Å². The van der Waals surface area contributed by atoms with Crippen LogP contribution in [-0.4, -0.2) is 44.0 Å². The number of carbonyl (C=O) groups is 1. The fourth-order valence-electron chi connectivity index (χ4n) is 2.46. The Hall–Kier alpha value is -1.60. The van der Waals surface area contributed by atoms with E-state index in [2.05, 4.69) is 0 Å². The van der Waals surface area contributed by atoms with E-state index in [-0.39, 0.29) is 12.3 Å². The van der Waals surface area contributed by atoms with Gasteiger partial charge in [0.05, 0.1) is 18.8 Å². The highest BCUT2D eigenvalue weighted by Crippen LogP contribution is 2.22. The summed E-state index contributed by atoms with van der Waals surface area (Å²) >= 11 is 0. The quantitative estimate of drug-likeness (QED) is 0.886. The lowest BCUT2D eigenvalue weighted by Gasteiger charge is -2.29. The first-order valence-corrected chi connectivity index (χ1v) is 8.37. The van der Waals surface area contributed by atoms with Crippen molar-refractivity contribution in [2.24, 2.45) is 5.92 Å². The Labute approximate surface area is 124 Å². The molecule has 1 fully saturated rings. The summed E-state index contributed by atoms with van der Waals surface area (Å²) in [6.07, 6.45) is 1.11. The van der Waals surface area contributed by atoms with Crippen LogP contribution in [0.1, 0.15) is 18.4 Å². The summed E-state index contributed by atoms with van der Waals surface area (Å²) in [5, 5.41) is 9.04. The summed E-state index contributed by atoms with van der Waals surface area (Å²) in [7, 11) is -1.99. The number of hydrogen-bond acceptors (Lipinski definition) is 4. The normalized spacial score (nSPS) is 20.1. The Balaban J connectivity index is 2.12. The molecular formula is C14H19NO5S. The van der Waals surface area contributed by atoms with Crippen molar-refractivity contribution in [3.05, 3.63) is 29.8 Å². The van der Waals surface area contributed by atoms with E-state index in [0.717, 1.165) is 0 Å². The maximum absolute atomic E-state index is 12.4. The van der Waals surface area contributed by atoms with Crippen molar-refractivity contribution in [3.8, 4) is 5.75 Å². The van der Waals surface area contributed by atoms with E-state index in [4.69, 9.17) is 9.84 Å². The molecule has 1 N–H and O–H groups in total. The molecule has 0 aliphatic carbocycles. The number of rotatable bonds is 5. The van der Waals surface area contributed by atoms with Gasteiger partial charge in [0.15, 0.2) is 0 Å². The molecule has 1 aromatic carbocycles. The molecule has 1 aliphatic rings. The van der Waals surface area contributed by atoms with E-state index in [9.17, 15) is 13.2 Å². The lowest BCUT2D eigenvalue weighted by molar-refractivity contribution is -0.142. The van der Waals surface area contributed by atoms with E-state index >= 15 is 0 Å². The fourth-order valence-corrected chi connectivity index (χ4v) is 4.06. The number of piperidine rings is 1. The summed E-state index contributed by atoms with van der Waals surface area (Å²) in [6, 6.07) is 6.88. The monoisotopic (exact) mass is 313 g/mol. The highest BCUT2D eigenvalue weighted by atomic mass is 32.2. The number of sulfonamides is 1. The second kappa shape index (κ2) is 6.44. The number of hydrogen-bond donors (Lipinski definition) is 1. The number of aliphatic carboxylic acids is 1. The maximum Gasteiger partial charge on any atom is 0.307 e. The predicted molar refractivity (Wildman–Crippen MR) is 77.6 cm³/mol. The molecule has 0 amide bonds. The maximum atomic E-state index is 12.4. The third-order valence-electron chi connectivity index (χ3n) is 3.61. The van der Waals surface area contributed by atoms with Gasteiger partial charge in [-0.2, -0.15) is 0 Å². The summed E-state index contributed by atoms with van der Waals surface area (Å²) in [4.78, 5) is 11.0. The van der Waals surface area contributed by atoms with Gasteiger partial charge in [-0.1, -0.05) is 12.1 Å². The minimum absolute atomic E-state index is 0.0572. The third-order valence-corrected chi connectivity index (χ3v) is 5.43. The number of carboxylic acids is 1. The SMILES string of the molecule is COc1cccc(CS(=O)(=O)N2CCCC(C(=O)O)C2)c1. The largest absolute Gasteiger partial charge is 0.497 e. The molecule has 0 radical (unpaired) electrons. The van der Waals surface area contributed by atoms with Gasteiger partial charge < -0.3 is 9.84 Å². The van der Waals surface area contributed by atoms with Crippen molar-refractivity contribution >= 4 is 16.0 Å². The van der Waals surface area contributed by atoms with Gasteiger partial charge in [-0.05, 0) is 30.5 Å². The first-order chi connectivity index (χ1) is 9.92. The average molecular weight is 313 g/mol. The van der Waals surface area contributed by atoms with Gasteiger partial charge in [0.25, 0.3) is 0 Å². The Bertz CT molecular complexity index is 614. The number of ether oxygens (including phenoxy) is 1. The Morgan fingerprint density at radius 2 is 2.24 bits per heavy atom. The van der Waals surface area contributed by atoms with Crippen LogP contribution in [0.2, 0.25) is 0 Å². The van der Waals surface area contributed by atoms with E-state index in [1.165, 1.54) is 11.4 Å². The van der Waals surface area contributed by atoms with Crippen LogP contribution >= 0.6 is 0 Å². The van der Waals surface area contributed by atoms with Crippen LogP contribution in [0.25, 0.3) is 0 Å². The molecular weight excluding hydrogens is 294 g/mol. The molecule has 1 saturated heterocycles. The van der Waals surface area contributed by atoms with Crippen molar-refractivity contribution in [1.82, 2.24) is 4.31 Å². The lowest BCUT2D eigenvalue weighted by Crippen LogP contribution is -2.42. The van der Waals surface area contributed by atoms with E-state index in [1.54, 1.807) is 24.3 Å². The fraction of sp³-hybridized carbons (Fsp3) is 0.500. The second-order valence-corrected chi connectivity index (χ2v) is 7.11. The van der Waals surface area contributed by atoms with Crippen LogP contribution in [0.5, 0.6) is 5.75 Å². The van der Waals surface area contributed by atoms with Gasteiger partial charge >= 0.3 is 5.97 Å². The molecule has 0 aromatic heterocycles. The smallest absolute Gasteiger partial charge is 0.307 e. The Morgan fingerprint density at radius 1 is 1.48 bits per heavy atom. The minimum atomic E-state index is -3.51. The van der Waals surface area contributed by atoms with Crippen molar-refractivity contribution in [2.75, 3.05) is 20.2 Å². The van der Waals surface area contributed by atoms with Gasteiger partial charge in [-0.25, -0.2) is 12.7 Å². The second-order valence-electron chi connectivity index (χ2n) is 5.14. The average Bonchev–Trinajstić information content (AvgIpc) is 2.47. The van der Waals surface area contributed by atoms with Crippen LogP contribution in [0.15, 0.2) is 24.3 Å². The zero-order chi connectivity index (χ0) is 15.5. The van der Waals surface area contributed by atoms with Crippen molar-refractivity contribution in [1.29, 1.82) is 0 Å². The van der Waals surface area contributed by atoms with Gasteiger partial charge in [0, 0.05) is 13.1 Å². The molecule has 1 atom stereocenters. The highest BCUT2D eigenvalue weighted by Gasteiger charge is 2.32. The molecule has 0 bridgehead atoms. The standard InChI is InChI=1S/C14H19NO5S/c1-20-13-6-2-4-11(8-13)10-21(18,19)15-7-3-5-12(9-15)14(16)17/h2,4,6,8,12H,3,5,7,9-10H2,1H3,(H,16,17). The Morgan fingerprint density at radius 3 is 2.90 bits per heavy atom. The van der Waals surface area contributed by atoms with Crippen LogP contribution in [-0.2, 0) is 20.6 Å². The van der Waals surface area contributed by atoms with Crippen LogP contribution in [0, 0.1) is 5.92 Å². The third kappa shape index (κ3) is 3.95. The summed E-state index contributed by atoms with van der Waals surface area (Å²) in [5.41, 5.74) is 0.631. The first kappa shape index (κ1) is 15.8. The zero-order valence-electron chi connectivity index (χ0n) is 11.9. The summed E-state index contributed by atoms with van der Waals surface area (Å²) in [6.45, 7) is 0.442. The molecule has 0 saturated carbocycles. The molecule has 1 unspecified atom stereocenters. The minimum Gasteiger partial charge on any atom is -0.497 e. The molecule has 0 spiro atoms. The van der Waals surface area contributed by atoms with Crippen molar-refractivity contribution in [3.63, 3.8) is 0 Å². The highest BCUT2D eigenvalue weighted by molar-refractivity contribution is 7.88. The van der Waals surface area contributed by atoms with Crippen molar-refractivity contribution in [2.45, 2.75) is 18.6 Å². The summed E-state index contributed by atoms with van der Waals surface area (Å²) in [5.74, 6) is -1.09. The topological polar surface area (TPSA) is 83.9 Å². The predicted octanol–water partition coefficient (Wildman–Crippen LogP) is 1.32. The van der Waals surface area contributed by atoms with Crippen LogP contribution in [0.4, 0.5) is 0 Å². The molecule has 116 valence electrons. The Kier molecular flexibility index (Phi) is 4.84. The van der Waals surface area contributed by atoms with E-state index < -0.39 is 21.9 Å². The number of carboxylic acid groups (broad SMARTS) is 1. The van der Waals surface area contributed by atoms with Gasteiger partial charge in [-0.3, -0.25) is 4.79 Å². The molecule has 1 aromatic rings. The zero-order valence-corrected chi connectivity index (χ0v) is 12.7. The molecule has 1 heterocycles. The number of methoxy groups -OCH3 is 1. The van der Waals surface area contributed by atoms with E-state index in [1.807, 2.05) is 0 Å². The molecule has 1 aliphatic heterocycles. The first-order valence-electron chi connectivity index (χ1n) is 6.76. The van der Waals surface area contributed by atoms with Crippen LogP contribution < -0.4 is 4.74 Å². The van der Waals surface area contributed by atoms with Crippen molar-refractivity contribution < 1.29 is 23.1 Å². The molecule has 2 rings (SSSR count). The molecule has 21 heavy (non-hydrogen) atoms. The summed E-state index contributed by atoms with van der Waals surface area (Å²) < 4.78 is 31.2. The number of nitrogens with zero attached hydrogens (tertiary/aromatic N) is 1. The molecule has 6 nitrogen and oxygen atoms in total.